The van der Waals surface area contributed by atoms with Crippen LogP contribution in [-0.2, 0) is 13.0 Å². The largest absolute Gasteiger partial charge is 0.306 e. The van der Waals surface area contributed by atoms with E-state index in [1.54, 1.807) is 12.3 Å². The number of aromatic nitrogens is 3. The van der Waals surface area contributed by atoms with Gasteiger partial charge in [0.1, 0.15) is 5.82 Å². The van der Waals surface area contributed by atoms with E-state index in [2.05, 4.69) is 15.4 Å². The average Bonchev–Trinajstić information content (AvgIpc) is 3.06. The molecule has 0 bridgehead atoms. The van der Waals surface area contributed by atoms with Gasteiger partial charge in [0.05, 0.1) is 11.9 Å². The number of benzene rings is 1. The predicted molar refractivity (Wildman–Crippen MR) is 95.3 cm³/mol. The van der Waals surface area contributed by atoms with Crippen LogP contribution in [0, 0.1) is 5.82 Å². The molecule has 1 aliphatic rings. The third-order valence-electron chi connectivity index (χ3n) is 4.60. The minimum Gasteiger partial charge on any atom is -0.306 e. The van der Waals surface area contributed by atoms with E-state index in [1.165, 1.54) is 23.4 Å². The Morgan fingerprint density at radius 3 is 3.00 bits per heavy atom. The Hall–Kier alpha value is -2.24. The molecular formula is C19H18ClFN4. The van der Waals surface area contributed by atoms with E-state index in [4.69, 9.17) is 11.6 Å². The van der Waals surface area contributed by atoms with E-state index < -0.39 is 0 Å². The zero-order chi connectivity index (χ0) is 17.2. The molecule has 1 unspecified atom stereocenters. The second-order valence-electron chi connectivity index (χ2n) is 6.21. The van der Waals surface area contributed by atoms with Crippen LogP contribution >= 0.6 is 11.6 Å². The van der Waals surface area contributed by atoms with Crippen LogP contribution in [0.3, 0.4) is 0 Å². The molecule has 4 nitrogen and oxygen atoms in total. The number of pyridine rings is 1. The topological polar surface area (TPSA) is 42.7 Å². The first-order valence-electron chi connectivity index (χ1n) is 8.38. The van der Waals surface area contributed by atoms with Gasteiger partial charge in [0.2, 0.25) is 0 Å². The zero-order valence-corrected chi connectivity index (χ0v) is 14.4. The van der Waals surface area contributed by atoms with Gasteiger partial charge in [-0.15, -0.1) is 0 Å². The van der Waals surface area contributed by atoms with E-state index in [9.17, 15) is 4.39 Å². The molecule has 0 saturated carbocycles. The first-order valence-corrected chi connectivity index (χ1v) is 8.75. The molecule has 0 saturated heterocycles. The molecule has 0 amide bonds. The highest BCUT2D eigenvalue weighted by molar-refractivity contribution is 6.31. The van der Waals surface area contributed by atoms with Crippen LogP contribution in [0.2, 0.25) is 5.02 Å². The summed E-state index contributed by atoms with van der Waals surface area (Å²) in [5.41, 5.74) is 3.30. The zero-order valence-electron chi connectivity index (χ0n) is 13.6. The van der Waals surface area contributed by atoms with Crippen molar-refractivity contribution in [3.63, 3.8) is 0 Å². The summed E-state index contributed by atoms with van der Waals surface area (Å²) in [7, 11) is 0. The number of halogens is 2. The Morgan fingerprint density at radius 2 is 2.20 bits per heavy atom. The molecule has 1 N–H and O–H groups in total. The van der Waals surface area contributed by atoms with Crippen LogP contribution in [0.1, 0.15) is 35.7 Å². The van der Waals surface area contributed by atoms with Gasteiger partial charge < -0.3 is 5.32 Å². The molecule has 2 aromatic heterocycles. The van der Waals surface area contributed by atoms with Crippen LogP contribution in [0.4, 0.5) is 4.39 Å². The first kappa shape index (κ1) is 16.2. The van der Waals surface area contributed by atoms with Gasteiger partial charge in [-0.2, -0.15) is 5.10 Å². The van der Waals surface area contributed by atoms with Crippen molar-refractivity contribution in [3.05, 3.63) is 76.5 Å². The van der Waals surface area contributed by atoms with Crippen LogP contribution < -0.4 is 5.32 Å². The Labute approximate surface area is 150 Å². The average molecular weight is 357 g/mol. The summed E-state index contributed by atoms with van der Waals surface area (Å²) in [6.07, 6.45) is 6.81. The molecule has 1 atom stereocenters. The summed E-state index contributed by atoms with van der Waals surface area (Å²) in [6, 6.07) is 10.6. The Balaban J connectivity index is 1.55. The molecule has 4 rings (SSSR count). The Kier molecular flexibility index (Phi) is 4.51. The number of nitrogens with one attached hydrogen (secondary N) is 1. The Bertz CT molecular complexity index is 878. The standard InChI is InChI=1S/C19H18ClFN4/c20-16-10-14(21)8-7-13(16)11-23-17-4-3-5-18-15(17)12-24-25(18)19-6-1-2-9-22-19/h1-2,6-10,12,17,23H,3-5,11H2. The molecular weight excluding hydrogens is 339 g/mol. The Morgan fingerprint density at radius 1 is 1.28 bits per heavy atom. The molecule has 6 heteroatoms. The normalized spacial score (nSPS) is 16.6. The third kappa shape index (κ3) is 3.30. The second-order valence-corrected chi connectivity index (χ2v) is 6.61. The number of rotatable bonds is 4. The number of hydrogen-bond donors (Lipinski definition) is 1. The highest BCUT2D eigenvalue weighted by Crippen LogP contribution is 2.31. The van der Waals surface area contributed by atoms with Gasteiger partial charge in [-0.3, -0.25) is 0 Å². The van der Waals surface area contributed by atoms with Crippen LogP contribution in [0.15, 0.2) is 48.8 Å². The van der Waals surface area contributed by atoms with Crippen LogP contribution in [-0.4, -0.2) is 14.8 Å². The van der Waals surface area contributed by atoms with Gasteiger partial charge in [-0.05, 0) is 49.1 Å². The highest BCUT2D eigenvalue weighted by atomic mass is 35.5. The highest BCUT2D eigenvalue weighted by Gasteiger charge is 2.24. The maximum absolute atomic E-state index is 13.2. The monoisotopic (exact) mass is 356 g/mol. The molecule has 3 aromatic rings. The third-order valence-corrected chi connectivity index (χ3v) is 4.96. The summed E-state index contributed by atoms with van der Waals surface area (Å²) in [5, 5.41) is 8.53. The summed E-state index contributed by atoms with van der Waals surface area (Å²) in [6.45, 7) is 0.595. The first-order chi connectivity index (χ1) is 12.2. The predicted octanol–water partition coefficient (Wildman–Crippen LogP) is 4.23. The molecule has 128 valence electrons. The summed E-state index contributed by atoms with van der Waals surface area (Å²) >= 11 is 6.13. The second kappa shape index (κ2) is 6.94. The van der Waals surface area contributed by atoms with Gasteiger partial charge in [-0.1, -0.05) is 23.7 Å². The minimum atomic E-state index is -0.314. The van der Waals surface area contributed by atoms with E-state index in [-0.39, 0.29) is 11.9 Å². The lowest BCUT2D eigenvalue weighted by molar-refractivity contribution is 0.454. The summed E-state index contributed by atoms with van der Waals surface area (Å²) in [4.78, 5) is 4.39. The molecule has 0 spiro atoms. The molecule has 0 fully saturated rings. The van der Waals surface area contributed by atoms with Crippen molar-refractivity contribution in [2.75, 3.05) is 0 Å². The fraction of sp³-hybridized carbons (Fsp3) is 0.263. The SMILES string of the molecule is Fc1ccc(CNC2CCCc3c2cnn3-c2ccccn2)c(Cl)c1. The molecule has 1 aromatic carbocycles. The van der Waals surface area contributed by atoms with Crippen molar-refractivity contribution in [1.29, 1.82) is 0 Å². The van der Waals surface area contributed by atoms with Crippen LogP contribution in [0.25, 0.3) is 5.82 Å². The van der Waals surface area contributed by atoms with Gasteiger partial charge >= 0.3 is 0 Å². The van der Waals surface area contributed by atoms with E-state index in [1.807, 2.05) is 29.1 Å². The van der Waals surface area contributed by atoms with Crippen molar-refractivity contribution >= 4 is 11.6 Å². The maximum atomic E-state index is 13.2. The lowest BCUT2D eigenvalue weighted by Gasteiger charge is -2.24. The van der Waals surface area contributed by atoms with E-state index in [0.29, 0.717) is 11.6 Å². The van der Waals surface area contributed by atoms with E-state index >= 15 is 0 Å². The molecule has 25 heavy (non-hydrogen) atoms. The lowest BCUT2D eigenvalue weighted by Crippen LogP contribution is -2.25. The van der Waals surface area contributed by atoms with Gasteiger partial charge in [0, 0.05) is 29.4 Å². The maximum Gasteiger partial charge on any atom is 0.153 e. The van der Waals surface area contributed by atoms with Gasteiger partial charge in [-0.25, -0.2) is 14.1 Å². The molecule has 0 aliphatic heterocycles. The lowest BCUT2D eigenvalue weighted by atomic mass is 9.92. The van der Waals surface area contributed by atoms with Crippen molar-refractivity contribution in [2.45, 2.75) is 31.8 Å². The van der Waals surface area contributed by atoms with Crippen LogP contribution in [0.5, 0.6) is 0 Å². The quantitative estimate of drug-likeness (QED) is 0.760. The minimum absolute atomic E-state index is 0.210. The van der Waals surface area contributed by atoms with E-state index in [0.717, 1.165) is 30.6 Å². The summed E-state index contributed by atoms with van der Waals surface area (Å²) in [5.74, 6) is 0.524. The van der Waals surface area contributed by atoms with Gasteiger partial charge in [0.15, 0.2) is 5.82 Å². The fourth-order valence-electron chi connectivity index (χ4n) is 3.34. The van der Waals surface area contributed by atoms with Crippen molar-refractivity contribution in [2.24, 2.45) is 0 Å². The number of nitrogens with zero attached hydrogens (tertiary/aromatic N) is 3. The molecule has 2 heterocycles. The van der Waals surface area contributed by atoms with Crippen molar-refractivity contribution < 1.29 is 4.39 Å². The molecule has 0 radical (unpaired) electrons. The fourth-order valence-corrected chi connectivity index (χ4v) is 3.58. The van der Waals surface area contributed by atoms with Crippen molar-refractivity contribution in [3.8, 4) is 5.82 Å². The smallest absolute Gasteiger partial charge is 0.153 e. The van der Waals surface area contributed by atoms with Gasteiger partial charge in [0.25, 0.3) is 0 Å². The number of fused-ring (bicyclic) bond motifs is 1. The van der Waals surface area contributed by atoms with Crippen molar-refractivity contribution in [1.82, 2.24) is 20.1 Å². The number of hydrogen-bond acceptors (Lipinski definition) is 3. The molecule has 1 aliphatic carbocycles. The summed E-state index contributed by atoms with van der Waals surface area (Å²) < 4.78 is 15.1.